The first-order chi connectivity index (χ1) is 12.7. The molecule has 0 saturated carbocycles. The minimum Gasteiger partial charge on any atom is -0.495 e. The lowest BCUT2D eigenvalue weighted by Crippen LogP contribution is -2.08. The zero-order chi connectivity index (χ0) is 18.4. The van der Waals surface area contributed by atoms with Gasteiger partial charge in [0.15, 0.2) is 0 Å². The molecule has 0 saturated heterocycles. The van der Waals surface area contributed by atoms with Crippen molar-refractivity contribution in [3.63, 3.8) is 0 Å². The summed E-state index contributed by atoms with van der Waals surface area (Å²) in [5.41, 5.74) is 3.01. The minimum atomic E-state index is 0.495. The van der Waals surface area contributed by atoms with Crippen LogP contribution in [0.4, 0.5) is 17.5 Å². The lowest BCUT2D eigenvalue weighted by Gasteiger charge is -2.13. The molecule has 1 aromatic heterocycles. The third-order valence-electron chi connectivity index (χ3n) is 3.95. The lowest BCUT2D eigenvalue weighted by atomic mass is 10.1. The highest BCUT2D eigenvalue weighted by Crippen LogP contribution is 2.32. The molecule has 0 atom stereocenters. The predicted octanol–water partition coefficient (Wildman–Crippen LogP) is 4.85. The Morgan fingerprint density at radius 2 is 1.92 bits per heavy atom. The number of aromatic nitrogens is 2. The van der Waals surface area contributed by atoms with E-state index in [-0.39, 0.29) is 0 Å². The van der Waals surface area contributed by atoms with Gasteiger partial charge >= 0.3 is 0 Å². The normalized spacial score (nSPS) is 10.4. The first-order valence-electron chi connectivity index (χ1n) is 8.37. The van der Waals surface area contributed by atoms with Gasteiger partial charge in [-0.25, -0.2) is 4.98 Å². The number of benzene rings is 2. The van der Waals surface area contributed by atoms with Gasteiger partial charge < -0.3 is 15.4 Å². The average molecular weight is 369 g/mol. The van der Waals surface area contributed by atoms with E-state index >= 15 is 0 Å². The van der Waals surface area contributed by atoms with Gasteiger partial charge in [0.1, 0.15) is 11.6 Å². The van der Waals surface area contributed by atoms with Crippen LogP contribution in [0, 0.1) is 6.92 Å². The van der Waals surface area contributed by atoms with Gasteiger partial charge in [-0.1, -0.05) is 41.9 Å². The van der Waals surface area contributed by atoms with E-state index in [4.69, 9.17) is 16.3 Å². The maximum atomic E-state index is 6.15. The third-order valence-corrected chi connectivity index (χ3v) is 4.35. The molecule has 0 aliphatic rings. The molecular weight excluding hydrogens is 348 g/mol. The van der Waals surface area contributed by atoms with Crippen molar-refractivity contribution < 1.29 is 4.74 Å². The van der Waals surface area contributed by atoms with E-state index in [1.807, 2.05) is 37.3 Å². The largest absolute Gasteiger partial charge is 0.495 e. The second-order valence-electron chi connectivity index (χ2n) is 5.85. The molecule has 2 aromatic carbocycles. The maximum absolute atomic E-state index is 6.15. The number of methoxy groups -OCH3 is 1. The molecular formula is C20H21ClN4O. The van der Waals surface area contributed by atoms with Crippen molar-refractivity contribution in [3.05, 3.63) is 70.9 Å². The zero-order valence-electron chi connectivity index (χ0n) is 14.8. The summed E-state index contributed by atoms with van der Waals surface area (Å²) in [7, 11) is 1.61. The topological polar surface area (TPSA) is 59.1 Å². The number of nitrogens with one attached hydrogen (secondary N) is 2. The quantitative estimate of drug-likeness (QED) is 0.624. The molecule has 3 aromatic rings. The minimum absolute atomic E-state index is 0.495. The fourth-order valence-corrected chi connectivity index (χ4v) is 2.70. The molecule has 6 heteroatoms. The van der Waals surface area contributed by atoms with Crippen molar-refractivity contribution in [1.29, 1.82) is 0 Å². The summed E-state index contributed by atoms with van der Waals surface area (Å²) in [5.74, 6) is 1.91. The van der Waals surface area contributed by atoms with Crippen LogP contribution in [0.25, 0.3) is 0 Å². The molecule has 0 aliphatic heterocycles. The van der Waals surface area contributed by atoms with Crippen LogP contribution < -0.4 is 15.4 Å². The Kier molecular flexibility index (Phi) is 5.92. The summed E-state index contributed by atoms with van der Waals surface area (Å²) in [6.07, 6.45) is 2.65. The van der Waals surface area contributed by atoms with Crippen LogP contribution in [0.2, 0.25) is 5.02 Å². The zero-order valence-corrected chi connectivity index (χ0v) is 15.5. The molecule has 2 N–H and O–H groups in total. The van der Waals surface area contributed by atoms with Gasteiger partial charge in [-0.2, -0.15) is 4.98 Å². The molecule has 0 unspecified atom stereocenters. The Bertz CT molecular complexity index is 871. The Balaban J connectivity index is 1.67. The van der Waals surface area contributed by atoms with E-state index in [1.165, 1.54) is 5.56 Å². The molecule has 0 radical (unpaired) electrons. The number of hydrogen-bond acceptors (Lipinski definition) is 5. The van der Waals surface area contributed by atoms with E-state index in [0.29, 0.717) is 16.7 Å². The van der Waals surface area contributed by atoms with Crippen molar-refractivity contribution in [2.75, 3.05) is 24.3 Å². The second-order valence-corrected chi connectivity index (χ2v) is 6.26. The number of ether oxygens (including phenoxy) is 1. The van der Waals surface area contributed by atoms with Crippen molar-refractivity contribution in [2.45, 2.75) is 13.3 Å². The average Bonchev–Trinajstić information content (AvgIpc) is 2.66. The van der Waals surface area contributed by atoms with Crippen LogP contribution in [0.3, 0.4) is 0 Å². The smallest absolute Gasteiger partial charge is 0.229 e. The Morgan fingerprint density at radius 3 is 2.69 bits per heavy atom. The first kappa shape index (κ1) is 18.0. The van der Waals surface area contributed by atoms with E-state index < -0.39 is 0 Å². The fourth-order valence-electron chi connectivity index (χ4n) is 2.55. The van der Waals surface area contributed by atoms with Crippen LogP contribution in [0.1, 0.15) is 11.1 Å². The Labute approximate surface area is 158 Å². The van der Waals surface area contributed by atoms with E-state index in [0.717, 1.165) is 30.0 Å². The van der Waals surface area contributed by atoms with E-state index in [1.54, 1.807) is 19.4 Å². The van der Waals surface area contributed by atoms with Gasteiger partial charge in [-0.15, -0.1) is 0 Å². The van der Waals surface area contributed by atoms with Crippen LogP contribution in [0.15, 0.2) is 54.7 Å². The van der Waals surface area contributed by atoms with Crippen molar-refractivity contribution in [3.8, 4) is 5.75 Å². The number of nitrogens with zero attached hydrogens (tertiary/aromatic N) is 2. The number of hydrogen-bond donors (Lipinski definition) is 2. The number of anilines is 3. The number of halogens is 1. The van der Waals surface area contributed by atoms with Gasteiger partial charge in [0.05, 0.1) is 12.8 Å². The summed E-state index contributed by atoms with van der Waals surface area (Å²) in [4.78, 5) is 8.78. The Hall–Kier alpha value is -2.79. The Morgan fingerprint density at radius 1 is 1.12 bits per heavy atom. The van der Waals surface area contributed by atoms with Crippen molar-refractivity contribution >= 4 is 29.1 Å². The molecule has 134 valence electrons. The van der Waals surface area contributed by atoms with Gasteiger partial charge in [-0.05, 0) is 36.6 Å². The number of rotatable bonds is 7. The SMILES string of the molecule is COc1cc(Cl)c(C)cc1Nc1nccc(NCCc2ccccc2)n1. The van der Waals surface area contributed by atoms with Crippen molar-refractivity contribution in [2.24, 2.45) is 0 Å². The van der Waals surface area contributed by atoms with E-state index in [2.05, 4.69) is 32.7 Å². The summed E-state index contributed by atoms with van der Waals surface area (Å²) in [5, 5.41) is 7.18. The highest BCUT2D eigenvalue weighted by molar-refractivity contribution is 6.31. The van der Waals surface area contributed by atoms with Gasteiger partial charge in [0, 0.05) is 23.8 Å². The lowest BCUT2D eigenvalue weighted by molar-refractivity contribution is 0.416. The molecule has 3 rings (SSSR count). The second kappa shape index (κ2) is 8.54. The molecule has 0 fully saturated rings. The summed E-state index contributed by atoms with van der Waals surface area (Å²) < 4.78 is 5.38. The van der Waals surface area contributed by atoms with Crippen LogP contribution in [-0.2, 0) is 6.42 Å². The highest BCUT2D eigenvalue weighted by Gasteiger charge is 2.09. The van der Waals surface area contributed by atoms with Crippen LogP contribution in [0.5, 0.6) is 5.75 Å². The van der Waals surface area contributed by atoms with E-state index in [9.17, 15) is 0 Å². The fraction of sp³-hybridized carbons (Fsp3) is 0.200. The monoisotopic (exact) mass is 368 g/mol. The molecule has 0 amide bonds. The summed E-state index contributed by atoms with van der Waals surface area (Å²) >= 11 is 6.15. The van der Waals surface area contributed by atoms with Gasteiger partial charge in [0.25, 0.3) is 0 Å². The summed E-state index contributed by atoms with van der Waals surface area (Å²) in [6, 6.07) is 15.9. The molecule has 1 heterocycles. The molecule has 0 bridgehead atoms. The van der Waals surface area contributed by atoms with Crippen LogP contribution in [-0.4, -0.2) is 23.6 Å². The van der Waals surface area contributed by atoms with Gasteiger partial charge in [-0.3, -0.25) is 0 Å². The standard InChI is InChI=1S/C20H21ClN4O/c1-14-12-17(18(26-2)13-16(14)21)24-20-23-11-9-19(25-20)22-10-8-15-6-4-3-5-7-15/h3-7,9,11-13H,8,10H2,1-2H3,(H2,22,23,24,25). The molecule has 0 spiro atoms. The molecule has 26 heavy (non-hydrogen) atoms. The molecule has 5 nitrogen and oxygen atoms in total. The maximum Gasteiger partial charge on any atom is 0.229 e. The third kappa shape index (κ3) is 4.64. The van der Waals surface area contributed by atoms with Gasteiger partial charge in [0.2, 0.25) is 5.95 Å². The highest BCUT2D eigenvalue weighted by atomic mass is 35.5. The van der Waals surface area contributed by atoms with Crippen LogP contribution >= 0.6 is 11.6 Å². The predicted molar refractivity (Wildman–Crippen MR) is 107 cm³/mol. The van der Waals surface area contributed by atoms with Crippen molar-refractivity contribution in [1.82, 2.24) is 9.97 Å². The number of aryl methyl sites for hydroxylation is 1. The molecule has 0 aliphatic carbocycles. The summed E-state index contributed by atoms with van der Waals surface area (Å²) in [6.45, 7) is 2.74. The first-order valence-corrected chi connectivity index (χ1v) is 8.75.